The van der Waals surface area contributed by atoms with Gasteiger partial charge >= 0.3 is 35.8 Å². The van der Waals surface area contributed by atoms with E-state index in [1.54, 1.807) is 0 Å². The first-order valence-corrected chi connectivity index (χ1v) is 5.52. The zero-order valence-electron chi connectivity index (χ0n) is 11.0. The molecule has 1 aliphatic carbocycles. The van der Waals surface area contributed by atoms with E-state index in [0.717, 1.165) is 0 Å². The molecule has 0 aromatic carbocycles. The van der Waals surface area contributed by atoms with Crippen LogP contribution in [0.1, 0.15) is 0 Å². The van der Waals surface area contributed by atoms with Crippen LogP contribution in [0.15, 0.2) is 23.1 Å². The van der Waals surface area contributed by atoms with E-state index >= 15 is 0 Å². The molecule has 26 heavy (non-hydrogen) atoms. The van der Waals surface area contributed by atoms with Gasteiger partial charge in [-0.1, -0.05) is 0 Å². The van der Waals surface area contributed by atoms with E-state index in [1.807, 2.05) is 0 Å². The lowest BCUT2D eigenvalue weighted by Crippen LogP contribution is -2.61. The summed E-state index contributed by atoms with van der Waals surface area (Å²) < 4.78 is 206. The van der Waals surface area contributed by atoms with Crippen molar-refractivity contribution in [2.24, 2.45) is 0 Å². The van der Waals surface area contributed by atoms with Gasteiger partial charge in [0.1, 0.15) is 5.57 Å². The van der Waals surface area contributed by atoms with Crippen molar-refractivity contribution in [3.8, 4) is 0 Å². The van der Waals surface area contributed by atoms with Gasteiger partial charge in [0.25, 0.3) is 6.08 Å². The Labute approximate surface area is 130 Å². The minimum atomic E-state index is -7.69. The van der Waals surface area contributed by atoms with Crippen molar-refractivity contribution in [2.45, 2.75) is 35.8 Å². The molecule has 16 heteroatoms. The van der Waals surface area contributed by atoms with Gasteiger partial charge in [0.05, 0.1) is 5.57 Å². The SMILES string of the molecule is FC(F)=C1C(C(F)(F)C(F)(F)F)=C(F)C(F)(F)C(F)(F)C(F)(F)C1(F)F. The van der Waals surface area contributed by atoms with E-state index in [1.165, 1.54) is 0 Å². The molecule has 0 fully saturated rings. The average Bonchev–Trinajstić information content (AvgIpc) is 2.41. The highest BCUT2D eigenvalue weighted by Gasteiger charge is 2.87. The van der Waals surface area contributed by atoms with Crippen molar-refractivity contribution in [1.82, 2.24) is 0 Å². The lowest BCUT2D eigenvalue weighted by atomic mass is 9.92. The first kappa shape index (κ1) is 22.4. The Morgan fingerprint density at radius 1 is 0.654 bits per heavy atom. The topological polar surface area (TPSA) is 0 Å². The maximum Gasteiger partial charge on any atom is 0.458 e. The van der Waals surface area contributed by atoms with Crippen LogP contribution >= 0.6 is 0 Å². The summed E-state index contributed by atoms with van der Waals surface area (Å²) in [5, 5.41) is 0. The summed E-state index contributed by atoms with van der Waals surface area (Å²) in [5.74, 6) is -42.5. The summed E-state index contributed by atoms with van der Waals surface area (Å²) >= 11 is 0. The van der Waals surface area contributed by atoms with E-state index in [4.69, 9.17) is 0 Å². The molecule has 0 aromatic heterocycles. The van der Waals surface area contributed by atoms with Crippen LogP contribution in [0.3, 0.4) is 0 Å². The van der Waals surface area contributed by atoms with Crippen LogP contribution in [0, 0.1) is 0 Å². The highest BCUT2D eigenvalue weighted by molar-refractivity contribution is 5.51. The van der Waals surface area contributed by atoms with Gasteiger partial charge in [-0.05, 0) is 0 Å². The molecule has 0 spiro atoms. The summed E-state index contributed by atoms with van der Waals surface area (Å²) in [4.78, 5) is 0. The Bertz CT molecular complexity index is 655. The molecule has 0 aliphatic heterocycles. The molecule has 0 unspecified atom stereocenters. The number of rotatable bonds is 1. The second-order valence-electron chi connectivity index (χ2n) is 4.69. The summed E-state index contributed by atoms with van der Waals surface area (Å²) in [5.41, 5.74) is -9.35. The van der Waals surface area contributed by atoms with E-state index < -0.39 is 58.8 Å². The number of alkyl halides is 13. The summed E-state index contributed by atoms with van der Waals surface area (Å²) in [6.45, 7) is 0. The first-order chi connectivity index (χ1) is 11.1. The van der Waals surface area contributed by atoms with Crippen molar-refractivity contribution in [1.29, 1.82) is 0 Å². The Kier molecular flexibility index (Phi) is 4.68. The van der Waals surface area contributed by atoms with E-state index in [-0.39, 0.29) is 0 Å². The van der Waals surface area contributed by atoms with Crippen LogP contribution in [-0.2, 0) is 0 Å². The van der Waals surface area contributed by atoms with Gasteiger partial charge in [-0.25, -0.2) is 4.39 Å². The third-order valence-corrected chi connectivity index (χ3v) is 3.10. The molecule has 0 nitrogen and oxygen atoms in total. The third-order valence-electron chi connectivity index (χ3n) is 3.10. The molecule has 0 saturated heterocycles. The molecule has 152 valence electrons. The number of hydrogen-bond acceptors (Lipinski definition) is 0. The smallest absolute Gasteiger partial charge is 0.204 e. The summed E-state index contributed by atoms with van der Waals surface area (Å²) in [7, 11) is 0. The van der Waals surface area contributed by atoms with Crippen molar-refractivity contribution in [3.05, 3.63) is 23.1 Å². The standard InChI is InChI=1S/C10F16/c11-3-1(6(16,17)10(24,25)26)2(4(12)13)5(14,15)8(20,21)9(22,23)7(3,18)19. The van der Waals surface area contributed by atoms with Gasteiger partial charge in [0.15, 0.2) is 5.83 Å². The molecule has 1 aliphatic rings. The van der Waals surface area contributed by atoms with Crippen LogP contribution in [0.25, 0.3) is 0 Å². The zero-order chi connectivity index (χ0) is 21.3. The molecule has 0 N–H and O–H groups in total. The Morgan fingerprint density at radius 3 is 1.31 bits per heavy atom. The highest BCUT2D eigenvalue weighted by Crippen LogP contribution is 2.64. The minimum absolute atomic E-state index is 4.63. The maximum atomic E-state index is 13.3. The average molecular weight is 424 g/mol. The molecule has 0 atom stereocenters. The molecule has 0 radical (unpaired) electrons. The lowest BCUT2D eigenvalue weighted by molar-refractivity contribution is -0.348. The predicted molar refractivity (Wildman–Crippen MR) is 48.2 cm³/mol. The monoisotopic (exact) mass is 424 g/mol. The van der Waals surface area contributed by atoms with Gasteiger partial charge in [-0.15, -0.1) is 0 Å². The van der Waals surface area contributed by atoms with Crippen LogP contribution in [0.4, 0.5) is 70.2 Å². The molecule has 0 saturated carbocycles. The van der Waals surface area contributed by atoms with Gasteiger partial charge in [0, 0.05) is 0 Å². The summed E-state index contributed by atoms with van der Waals surface area (Å²) in [6, 6.07) is 0. The second kappa shape index (κ2) is 5.43. The molecular weight excluding hydrogens is 424 g/mol. The predicted octanol–water partition coefficient (Wildman–Crippen LogP) is 6.11. The number of hydrogen-bond donors (Lipinski definition) is 0. The Balaban J connectivity index is 4.25. The molecule has 0 heterocycles. The number of halogens is 16. The maximum absolute atomic E-state index is 13.3. The van der Waals surface area contributed by atoms with Gasteiger partial charge in [-0.2, -0.15) is 65.9 Å². The molecule has 0 amide bonds. The fraction of sp³-hybridized carbons (Fsp3) is 0.600. The van der Waals surface area contributed by atoms with Crippen molar-refractivity contribution < 1.29 is 70.2 Å². The van der Waals surface area contributed by atoms with E-state index in [0.29, 0.717) is 0 Å². The Hall–Kier alpha value is -1.64. The van der Waals surface area contributed by atoms with Crippen LogP contribution in [-0.4, -0.2) is 35.8 Å². The fourth-order valence-corrected chi connectivity index (χ4v) is 1.76. The normalized spacial score (nSPS) is 25.2. The lowest BCUT2D eigenvalue weighted by Gasteiger charge is -2.34. The molecule has 1 rings (SSSR count). The quantitative estimate of drug-likeness (QED) is 0.446. The highest BCUT2D eigenvalue weighted by atomic mass is 19.4. The van der Waals surface area contributed by atoms with Crippen molar-refractivity contribution in [2.75, 3.05) is 0 Å². The van der Waals surface area contributed by atoms with Crippen LogP contribution < -0.4 is 0 Å². The van der Waals surface area contributed by atoms with Crippen LogP contribution in [0.2, 0.25) is 0 Å². The van der Waals surface area contributed by atoms with Gasteiger partial charge in [0.2, 0.25) is 0 Å². The van der Waals surface area contributed by atoms with Crippen LogP contribution in [0.5, 0.6) is 0 Å². The summed E-state index contributed by atoms with van der Waals surface area (Å²) in [6.07, 6.45) is -12.0. The first-order valence-electron chi connectivity index (χ1n) is 5.52. The van der Waals surface area contributed by atoms with Gasteiger partial charge in [-0.3, -0.25) is 0 Å². The number of allylic oxidation sites excluding steroid dienone is 3. The molecule has 0 aromatic rings. The van der Waals surface area contributed by atoms with Crippen molar-refractivity contribution in [3.63, 3.8) is 0 Å². The van der Waals surface area contributed by atoms with E-state index in [2.05, 4.69) is 0 Å². The third kappa shape index (κ3) is 2.46. The fourth-order valence-electron chi connectivity index (χ4n) is 1.76. The zero-order valence-corrected chi connectivity index (χ0v) is 11.0. The Morgan fingerprint density at radius 2 is 1.00 bits per heavy atom. The van der Waals surface area contributed by atoms with Gasteiger partial charge < -0.3 is 0 Å². The minimum Gasteiger partial charge on any atom is -0.204 e. The largest absolute Gasteiger partial charge is 0.458 e. The second-order valence-corrected chi connectivity index (χ2v) is 4.69. The van der Waals surface area contributed by atoms with Crippen molar-refractivity contribution >= 4 is 0 Å². The molecular formula is C10F16. The van der Waals surface area contributed by atoms with E-state index in [9.17, 15) is 70.2 Å². The molecule has 0 bridgehead atoms.